The van der Waals surface area contributed by atoms with E-state index in [1.54, 1.807) is 43.3 Å². The van der Waals surface area contributed by atoms with Crippen molar-refractivity contribution in [3.05, 3.63) is 70.5 Å². The molecule has 0 bridgehead atoms. The largest absolute Gasteiger partial charge is 0.462 e. The Labute approximate surface area is 175 Å². The summed E-state index contributed by atoms with van der Waals surface area (Å²) in [4.78, 5) is 38.3. The van der Waals surface area contributed by atoms with E-state index in [-0.39, 0.29) is 11.6 Å². The molecule has 0 fully saturated rings. The van der Waals surface area contributed by atoms with Crippen LogP contribution in [-0.4, -0.2) is 37.4 Å². The second-order valence-corrected chi connectivity index (χ2v) is 6.35. The number of nitrogens with one attached hydrogen (secondary N) is 3. The first kappa shape index (κ1) is 19.8. The van der Waals surface area contributed by atoms with Crippen molar-refractivity contribution in [2.24, 2.45) is 0 Å². The highest BCUT2D eigenvalue weighted by Crippen LogP contribution is 2.25. The van der Waals surface area contributed by atoms with Crippen LogP contribution in [0.5, 0.6) is 0 Å². The van der Waals surface area contributed by atoms with Gasteiger partial charge in [0, 0.05) is 23.5 Å². The maximum atomic E-state index is 11.8. The third-order valence-electron chi connectivity index (χ3n) is 4.26. The lowest BCUT2D eigenvalue weighted by Crippen LogP contribution is -2.05. The highest BCUT2D eigenvalue weighted by molar-refractivity contribution is 5.90. The summed E-state index contributed by atoms with van der Waals surface area (Å²) in [5.74, 6) is 0.264. The number of hydrogen-bond donors (Lipinski definition) is 3. The molecule has 0 aliphatic carbocycles. The third kappa shape index (κ3) is 4.40. The Morgan fingerprint density at radius 2 is 1.94 bits per heavy atom. The van der Waals surface area contributed by atoms with Crippen molar-refractivity contribution in [2.45, 2.75) is 6.92 Å². The quantitative estimate of drug-likeness (QED) is 0.230. The number of nitrogens with zero attached hydrogens (tertiary/aromatic N) is 4. The number of anilines is 4. The van der Waals surface area contributed by atoms with E-state index in [0.717, 1.165) is 0 Å². The van der Waals surface area contributed by atoms with Gasteiger partial charge in [-0.3, -0.25) is 10.1 Å². The number of aromatic amines is 1. The molecule has 31 heavy (non-hydrogen) atoms. The summed E-state index contributed by atoms with van der Waals surface area (Å²) < 4.78 is 4.99. The Morgan fingerprint density at radius 3 is 2.68 bits per heavy atom. The molecule has 2 aromatic carbocycles. The highest BCUT2D eigenvalue weighted by atomic mass is 16.6. The number of rotatable bonds is 7. The van der Waals surface area contributed by atoms with Crippen LogP contribution in [0, 0.1) is 10.1 Å². The molecule has 11 heteroatoms. The zero-order valence-corrected chi connectivity index (χ0v) is 16.3. The minimum atomic E-state index is -0.476. The standard InChI is InChI=1S/C20H17N7O4/c1-2-31-19(28)12-6-8-13(9-7-12)23-18-16-17(22-11-21-16)25-20(26-18)24-14-4-3-5-15(10-14)27(29)30/h3-11H,2H2,1H3,(H3,21,22,23,24,25,26). The molecule has 0 aliphatic heterocycles. The molecule has 156 valence electrons. The fraction of sp³-hybridized carbons (Fsp3) is 0.100. The number of aromatic nitrogens is 4. The van der Waals surface area contributed by atoms with Crippen LogP contribution in [-0.2, 0) is 4.74 Å². The van der Waals surface area contributed by atoms with Crippen LogP contribution in [0.15, 0.2) is 54.9 Å². The Bertz CT molecular complexity index is 1250. The first-order chi connectivity index (χ1) is 15.0. The van der Waals surface area contributed by atoms with Gasteiger partial charge >= 0.3 is 5.97 Å². The van der Waals surface area contributed by atoms with Crippen molar-refractivity contribution < 1.29 is 14.5 Å². The molecule has 11 nitrogen and oxygen atoms in total. The molecule has 0 unspecified atom stereocenters. The number of hydrogen-bond acceptors (Lipinski definition) is 9. The van der Waals surface area contributed by atoms with Gasteiger partial charge in [-0.2, -0.15) is 9.97 Å². The monoisotopic (exact) mass is 419 g/mol. The van der Waals surface area contributed by atoms with Gasteiger partial charge in [0.1, 0.15) is 5.52 Å². The average molecular weight is 419 g/mol. The second kappa shape index (κ2) is 8.45. The second-order valence-electron chi connectivity index (χ2n) is 6.35. The summed E-state index contributed by atoms with van der Waals surface area (Å²) >= 11 is 0. The van der Waals surface area contributed by atoms with Crippen molar-refractivity contribution in [1.29, 1.82) is 0 Å². The first-order valence-corrected chi connectivity index (χ1v) is 9.30. The number of nitro groups is 1. The molecule has 0 spiro atoms. The number of benzene rings is 2. The van der Waals surface area contributed by atoms with Gasteiger partial charge in [-0.25, -0.2) is 9.78 Å². The number of imidazole rings is 1. The van der Waals surface area contributed by atoms with Gasteiger partial charge in [0.25, 0.3) is 5.69 Å². The predicted octanol–water partition coefficient (Wildman–Crippen LogP) is 3.93. The predicted molar refractivity (Wildman–Crippen MR) is 114 cm³/mol. The summed E-state index contributed by atoms with van der Waals surface area (Å²) in [5.41, 5.74) is 2.53. The SMILES string of the molecule is CCOC(=O)c1ccc(Nc2nc(Nc3cccc([N+](=O)[O-])c3)nc3nc[nH]c23)cc1. The summed E-state index contributed by atoms with van der Waals surface area (Å²) in [7, 11) is 0. The Kier molecular flexibility index (Phi) is 5.39. The van der Waals surface area contributed by atoms with Gasteiger partial charge in [-0.1, -0.05) is 6.07 Å². The van der Waals surface area contributed by atoms with Crippen LogP contribution in [0.1, 0.15) is 17.3 Å². The fourth-order valence-electron chi connectivity index (χ4n) is 2.85. The van der Waals surface area contributed by atoms with Crippen LogP contribution in [0.4, 0.5) is 28.8 Å². The number of nitro benzene ring substituents is 1. The lowest BCUT2D eigenvalue weighted by Gasteiger charge is -2.10. The van der Waals surface area contributed by atoms with Gasteiger partial charge in [0.05, 0.1) is 23.4 Å². The molecule has 0 amide bonds. The topological polar surface area (TPSA) is 148 Å². The van der Waals surface area contributed by atoms with E-state index >= 15 is 0 Å². The smallest absolute Gasteiger partial charge is 0.338 e. The fourth-order valence-corrected chi connectivity index (χ4v) is 2.85. The van der Waals surface area contributed by atoms with E-state index in [2.05, 4.69) is 30.6 Å². The van der Waals surface area contributed by atoms with Crippen molar-refractivity contribution in [3.63, 3.8) is 0 Å². The van der Waals surface area contributed by atoms with Crippen LogP contribution >= 0.6 is 0 Å². The molecule has 0 aliphatic rings. The van der Waals surface area contributed by atoms with Crippen molar-refractivity contribution in [2.75, 3.05) is 17.2 Å². The summed E-state index contributed by atoms with van der Waals surface area (Å²) in [6, 6.07) is 12.8. The molecular formula is C20H17N7O4. The maximum Gasteiger partial charge on any atom is 0.338 e. The van der Waals surface area contributed by atoms with E-state index in [9.17, 15) is 14.9 Å². The average Bonchev–Trinajstić information content (AvgIpc) is 3.23. The van der Waals surface area contributed by atoms with E-state index in [4.69, 9.17) is 4.74 Å². The van der Waals surface area contributed by atoms with E-state index in [1.807, 2.05) is 0 Å². The molecule has 0 atom stereocenters. The Balaban J connectivity index is 1.61. The zero-order valence-electron chi connectivity index (χ0n) is 16.3. The number of esters is 1. The number of carbonyl (C=O) groups is 1. The van der Waals surface area contributed by atoms with Crippen LogP contribution in [0.3, 0.4) is 0 Å². The normalized spacial score (nSPS) is 10.6. The molecular weight excluding hydrogens is 402 g/mol. The molecule has 4 aromatic rings. The summed E-state index contributed by atoms with van der Waals surface area (Å²) in [6.45, 7) is 2.05. The Hall–Kier alpha value is -4.54. The number of ether oxygens (including phenoxy) is 1. The van der Waals surface area contributed by atoms with Gasteiger partial charge in [0.15, 0.2) is 11.5 Å². The van der Waals surface area contributed by atoms with Crippen molar-refractivity contribution in [3.8, 4) is 0 Å². The third-order valence-corrected chi connectivity index (χ3v) is 4.26. The minimum absolute atomic E-state index is 0.0501. The summed E-state index contributed by atoms with van der Waals surface area (Å²) in [6.07, 6.45) is 1.49. The molecule has 2 heterocycles. The molecule has 0 radical (unpaired) electrons. The molecule has 0 saturated carbocycles. The summed E-state index contributed by atoms with van der Waals surface area (Å²) in [5, 5.41) is 17.1. The number of non-ortho nitro benzene ring substituents is 1. The minimum Gasteiger partial charge on any atom is -0.462 e. The van der Waals surface area contributed by atoms with Crippen molar-refractivity contribution in [1.82, 2.24) is 19.9 Å². The molecule has 0 saturated heterocycles. The Morgan fingerprint density at radius 1 is 1.13 bits per heavy atom. The molecule has 3 N–H and O–H groups in total. The number of H-pyrrole nitrogens is 1. The van der Waals surface area contributed by atoms with Crippen molar-refractivity contribution >= 4 is 46.0 Å². The molecule has 2 aromatic heterocycles. The molecule has 4 rings (SSSR count). The lowest BCUT2D eigenvalue weighted by molar-refractivity contribution is -0.384. The number of fused-ring (bicyclic) bond motifs is 1. The van der Waals surface area contributed by atoms with Crippen LogP contribution in [0.2, 0.25) is 0 Å². The van der Waals surface area contributed by atoms with Crippen LogP contribution in [0.25, 0.3) is 11.2 Å². The van der Waals surface area contributed by atoms with Gasteiger partial charge in [-0.15, -0.1) is 0 Å². The highest BCUT2D eigenvalue weighted by Gasteiger charge is 2.13. The van der Waals surface area contributed by atoms with E-state index < -0.39 is 10.9 Å². The lowest BCUT2D eigenvalue weighted by atomic mass is 10.2. The van der Waals surface area contributed by atoms with E-state index in [0.29, 0.717) is 40.5 Å². The first-order valence-electron chi connectivity index (χ1n) is 9.30. The van der Waals surface area contributed by atoms with Gasteiger partial charge < -0.3 is 20.4 Å². The maximum absolute atomic E-state index is 11.8. The van der Waals surface area contributed by atoms with Crippen LogP contribution < -0.4 is 10.6 Å². The zero-order chi connectivity index (χ0) is 21.8. The number of carbonyl (C=O) groups excluding carboxylic acids is 1. The van der Waals surface area contributed by atoms with Gasteiger partial charge in [-0.05, 0) is 37.3 Å². The van der Waals surface area contributed by atoms with E-state index in [1.165, 1.54) is 18.5 Å². The van der Waals surface area contributed by atoms with Gasteiger partial charge in [0.2, 0.25) is 5.95 Å².